The van der Waals surface area contributed by atoms with Gasteiger partial charge in [-0.2, -0.15) is 0 Å². The van der Waals surface area contributed by atoms with Crippen LogP contribution in [0.3, 0.4) is 0 Å². The first-order valence-electron chi connectivity index (χ1n) is 6.40. The van der Waals surface area contributed by atoms with Crippen molar-refractivity contribution in [3.8, 4) is 17.1 Å². The van der Waals surface area contributed by atoms with E-state index in [4.69, 9.17) is 15.0 Å². The molecule has 2 rings (SSSR count). The lowest BCUT2D eigenvalue weighted by Gasteiger charge is -2.20. The van der Waals surface area contributed by atoms with Crippen molar-refractivity contribution in [2.24, 2.45) is 0 Å². The maximum atomic E-state index is 12.3. The van der Waals surface area contributed by atoms with E-state index in [0.29, 0.717) is 17.1 Å². The maximum absolute atomic E-state index is 12.3. The Bertz CT molecular complexity index is 641. The third kappa shape index (κ3) is 3.31. The molecule has 0 aromatic carbocycles. The highest BCUT2D eigenvalue weighted by Gasteiger charge is 2.25. The smallest absolute Gasteiger partial charge is 0.259 e. The molecule has 0 saturated carbocycles. The van der Waals surface area contributed by atoms with Gasteiger partial charge in [0.15, 0.2) is 0 Å². The van der Waals surface area contributed by atoms with Gasteiger partial charge in [-0.3, -0.25) is 4.79 Å². The van der Waals surface area contributed by atoms with Crippen LogP contribution >= 0.6 is 0 Å². The minimum absolute atomic E-state index is 0.0254. The van der Waals surface area contributed by atoms with Gasteiger partial charge in [0.05, 0.1) is 7.11 Å². The molecule has 7 nitrogen and oxygen atoms in total. The van der Waals surface area contributed by atoms with Gasteiger partial charge in [0.1, 0.15) is 11.3 Å². The van der Waals surface area contributed by atoms with Crippen molar-refractivity contribution in [3.05, 3.63) is 23.9 Å². The summed E-state index contributed by atoms with van der Waals surface area (Å²) in [5, 5.41) is 6.68. The summed E-state index contributed by atoms with van der Waals surface area (Å²) in [4.78, 5) is 16.4. The Morgan fingerprint density at radius 3 is 2.62 bits per heavy atom. The zero-order valence-corrected chi connectivity index (χ0v) is 12.4. The van der Waals surface area contributed by atoms with Crippen LogP contribution in [0, 0.1) is 0 Å². The number of amides is 1. The van der Waals surface area contributed by atoms with Crippen LogP contribution in [0.2, 0.25) is 0 Å². The lowest BCUT2D eigenvalue weighted by molar-refractivity contribution is 0.0920. The molecule has 2 aromatic heterocycles. The summed E-state index contributed by atoms with van der Waals surface area (Å²) < 4.78 is 9.95. The number of carbonyl (C=O) groups is 1. The molecule has 2 aromatic rings. The summed E-state index contributed by atoms with van der Waals surface area (Å²) in [6.07, 6.45) is 1.55. The van der Waals surface area contributed by atoms with Crippen molar-refractivity contribution in [1.82, 2.24) is 15.5 Å². The fourth-order valence-electron chi connectivity index (χ4n) is 1.76. The number of aromatic nitrogens is 2. The Kier molecular flexibility index (Phi) is 3.84. The van der Waals surface area contributed by atoms with E-state index in [1.54, 1.807) is 18.3 Å². The van der Waals surface area contributed by atoms with E-state index in [2.05, 4.69) is 15.5 Å². The van der Waals surface area contributed by atoms with Gasteiger partial charge in [0, 0.05) is 23.4 Å². The van der Waals surface area contributed by atoms with E-state index in [-0.39, 0.29) is 17.4 Å². The quantitative estimate of drug-likeness (QED) is 0.894. The first-order chi connectivity index (χ1) is 9.81. The molecule has 0 radical (unpaired) electrons. The maximum Gasteiger partial charge on any atom is 0.259 e. The van der Waals surface area contributed by atoms with Crippen LogP contribution in [0.1, 0.15) is 31.1 Å². The Morgan fingerprint density at radius 2 is 2.10 bits per heavy atom. The fraction of sp³-hybridized carbons (Fsp3) is 0.357. The zero-order chi connectivity index (χ0) is 15.6. The fourth-order valence-corrected chi connectivity index (χ4v) is 1.76. The van der Waals surface area contributed by atoms with Crippen LogP contribution in [0.5, 0.6) is 5.88 Å². The van der Waals surface area contributed by atoms with Gasteiger partial charge >= 0.3 is 0 Å². The normalized spacial score (nSPS) is 11.2. The van der Waals surface area contributed by atoms with Crippen LogP contribution in [-0.4, -0.2) is 28.7 Å². The number of anilines is 1. The van der Waals surface area contributed by atoms with Gasteiger partial charge in [-0.05, 0) is 26.8 Å². The Morgan fingerprint density at radius 1 is 1.38 bits per heavy atom. The van der Waals surface area contributed by atoms with E-state index in [0.717, 1.165) is 0 Å². The number of carbonyl (C=O) groups excluding carboxylic acids is 1. The number of hydrogen-bond donors (Lipinski definition) is 2. The number of hydrogen-bond acceptors (Lipinski definition) is 6. The van der Waals surface area contributed by atoms with Crippen LogP contribution in [-0.2, 0) is 0 Å². The number of pyridine rings is 1. The lowest BCUT2D eigenvalue weighted by atomic mass is 10.1. The van der Waals surface area contributed by atoms with Crippen molar-refractivity contribution in [3.63, 3.8) is 0 Å². The van der Waals surface area contributed by atoms with Crippen molar-refractivity contribution in [2.45, 2.75) is 26.3 Å². The number of methoxy groups -OCH3 is 1. The second-order valence-electron chi connectivity index (χ2n) is 5.56. The van der Waals surface area contributed by atoms with Gasteiger partial charge in [-0.15, -0.1) is 0 Å². The summed E-state index contributed by atoms with van der Waals surface area (Å²) in [6, 6.07) is 3.41. The molecule has 0 atom stereocenters. The minimum Gasteiger partial charge on any atom is -0.481 e. The molecule has 7 heteroatoms. The largest absolute Gasteiger partial charge is 0.481 e. The number of nitrogen functional groups attached to an aromatic ring is 1. The molecule has 0 aliphatic rings. The Hall–Kier alpha value is -2.57. The second-order valence-corrected chi connectivity index (χ2v) is 5.56. The Labute approximate surface area is 122 Å². The molecule has 2 heterocycles. The van der Waals surface area contributed by atoms with E-state index >= 15 is 0 Å². The third-order valence-corrected chi connectivity index (χ3v) is 2.65. The average Bonchev–Trinajstić information content (AvgIpc) is 2.79. The molecule has 0 bridgehead atoms. The molecule has 112 valence electrons. The second kappa shape index (κ2) is 5.43. The first-order valence-corrected chi connectivity index (χ1v) is 6.40. The minimum atomic E-state index is -0.393. The summed E-state index contributed by atoms with van der Waals surface area (Å²) in [6.45, 7) is 5.63. The van der Waals surface area contributed by atoms with Crippen LogP contribution in [0.15, 0.2) is 22.9 Å². The van der Waals surface area contributed by atoms with E-state index < -0.39 is 5.54 Å². The number of nitrogens with one attached hydrogen (secondary N) is 1. The topological polar surface area (TPSA) is 103 Å². The molecule has 0 fully saturated rings. The molecular formula is C14H18N4O3. The zero-order valence-electron chi connectivity index (χ0n) is 12.4. The number of nitrogens with two attached hydrogens (primary N) is 1. The molecule has 0 saturated heterocycles. The third-order valence-electron chi connectivity index (χ3n) is 2.65. The Balaban J connectivity index is 2.39. The molecule has 0 unspecified atom stereocenters. The molecule has 0 aliphatic heterocycles. The highest BCUT2D eigenvalue weighted by molar-refractivity contribution is 6.03. The summed E-state index contributed by atoms with van der Waals surface area (Å²) in [5.74, 6) is 0.102. The molecule has 1 amide bonds. The molecule has 3 N–H and O–H groups in total. The van der Waals surface area contributed by atoms with Gasteiger partial charge < -0.3 is 20.3 Å². The predicted octanol–water partition coefficient (Wildman–Crippen LogP) is 1.86. The molecule has 21 heavy (non-hydrogen) atoms. The lowest BCUT2D eigenvalue weighted by Crippen LogP contribution is -2.40. The highest BCUT2D eigenvalue weighted by atomic mass is 16.5. The average molecular weight is 290 g/mol. The number of nitrogens with zero attached hydrogens (tertiary/aromatic N) is 2. The number of rotatable bonds is 3. The van der Waals surface area contributed by atoms with Gasteiger partial charge in [-0.1, -0.05) is 5.16 Å². The monoisotopic (exact) mass is 290 g/mol. The van der Waals surface area contributed by atoms with Gasteiger partial charge in [0.2, 0.25) is 11.8 Å². The van der Waals surface area contributed by atoms with E-state index in [1.807, 2.05) is 20.8 Å². The summed E-state index contributed by atoms with van der Waals surface area (Å²) >= 11 is 0. The molecule has 0 aliphatic carbocycles. The van der Waals surface area contributed by atoms with E-state index in [1.165, 1.54) is 7.11 Å². The predicted molar refractivity (Wildman–Crippen MR) is 77.9 cm³/mol. The van der Waals surface area contributed by atoms with Crippen LogP contribution in [0.25, 0.3) is 11.3 Å². The van der Waals surface area contributed by atoms with Gasteiger partial charge in [-0.25, -0.2) is 4.98 Å². The molecule has 0 spiro atoms. The highest BCUT2D eigenvalue weighted by Crippen LogP contribution is 2.27. The van der Waals surface area contributed by atoms with Crippen LogP contribution < -0.4 is 15.8 Å². The standard InChI is InChI=1S/C14H18N4O3/c1-14(2,3)17-13(19)10-11(18-21-12(10)15)8-5-6-9(20-4)16-7-8/h5-7H,15H2,1-4H3,(H,17,19). The van der Waals surface area contributed by atoms with Crippen LogP contribution in [0.4, 0.5) is 5.88 Å². The van der Waals surface area contributed by atoms with E-state index in [9.17, 15) is 4.79 Å². The van der Waals surface area contributed by atoms with Crippen molar-refractivity contribution < 1.29 is 14.1 Å². The van der Waals surface area contributed by atoms with Gasteiger partial charge in [0.25, 0.3) is 5.91 Å². The molecular weight excluding hydrogens is 272 g/mol. The number of ether oxygens (including phenoxy) is 1. The summed E-state index contributed by atoms with van der Waals surface area (Å²) in [5.41, 5.74) is 6.50. The van der Waals surface area contributed by atoms with Crippen molar-refractivity contribution in [2.75, 3.05) is 12.8 Å². The van der Waals surface area contributed by atoms with Crippen molar-refractivity contribution >= 4 is 11.8 Å². The van der Waals surface area contributed by atoms with Crippen molar-refractivity contribution in [1.29, 1.82) is 0 Å². The SMILES string of the molecule is COc1ccc(-c2noc(N)c2C(=O)NC(C)(C)C)cn1. The first kappa shape index (κ1) is 14.8. The summed E-state index contributed by atoms with van der Waals surface area (Å²) in [7, 11) is 1.53.